The Bertz CT molecular complexity index is 1650. The van der Waals surface area contributed by atoms with Gasteiger partial charge in [0.15, 0.2) is 5.69 Å². The number of methoxy groups -OCH3 is 1. The van der Waals surface area contributed by atoms with Crippen molar-refractivity contribution in [2.45, 2.75) is 39.4 Å². The first-order valence-corrected chi connectivity index (χ1v) is 15.6. The van der Waals surface area contributed by atoms with Gasteiger partial charge in [-0.3, -0.25) is 9.48 Å². The number of anilines is 4. The number of rotatable bonds is 15. The summed E-state index contributed by atoms with van der Waals surface area (Å²) in [5.74, 6) is -0.865. The number of nitrogens with one attached hydrogen (secondary N) is 3. The molecule has 4 rings (SSSR count). The van der Waals surface area contributed by atoms with Gasteiger partial charge < -0.3 is 30.3 Å². The van der Waals surface area contributed by atoms with Crippen molar-refractivity contribution < 1.29 is 32.3 Å². The number of ether oxygens (including phenoxy) is 1. The van der Waals surface area contributed by atoms with Crippen LogP contribution in [0.25, 0.3) is 11.3 Å². The van der Waals surface area contributed by atoms with Crippen molar-refractivity contribution >= 4 is 37.9 Å². The second-order valence-electron chi connectivity index (χ2n) is 9.93. The van der Waals surface area contributed by atoms with E-state index in [-0.39, 0.29) is 23.9 Å². The number of aliphatic hydroxyl groups excluding tert-OH is 1. The molecule has 246 valence electrons. The van der Waals surface area contributed by atoms with E-state index in [0.717, 1.165) is 23.8 Å². The highest BCUT2D eigenvalue weighted by atomic mass is 31.1. The Balaban J connectivity index is 1.66. The van der Waals surface area contributed by atoms with E-state index >= 15 is 0 Å². The van der Waals surface area contributed by atoms with E-state index < -0.39 is 23.5 Å². The molecule has 0 saturated heterocycles. The summed E-state index contributed by atoms with van der Waals surface area (Å²) in [5.41, 5.74) is 1.96. The molecule has 1 unspecified atom stereocenters. The van der Waals surface area contributed by atoms with E-state index in [1.807, 2.05) is 26.0 Å². The summed E-state index contributed by atoms with van der Waals surface area (Å²) < 4.78 is 54.9. The van der Waals surface area contributed by atoms with Crippen LogP contribution in [0.5, 0.6) is 5.75 Å². The van der Waals surface area contributed by atoms with Gasteiger partial charge in [-0.15, -0.1) is 0 Å². The van der Waals surface area contributed by atoms with E-state index in [1.54, 1.807) is 23.0 Å². The maximum atomic E-state index is 14.1. The second-order valence-corrected chi connectivity index (χ2v) is 11.0. The Morgan fingerprint density at radius 2 is 1.89 bits per heavy atom. The summed E-state index contributed by atoms with van der Waals surface area (Å²) in [6.45, 7) is 4.91. The number of aliphatic hydroxyl groups is 1. The molecular weight excluding hydrogens is 624 g/mol. The van der Waals surface area contributed by atoms with Crippen LogP contribution in [-0.4, -0.2) is 69.3 Å². The molecule has 1 amide bonds. The van der Waals surface area contributed by atoms with Gasteiger partial charge in [0.1, 0.15) is 17.1 Å². The number of alkyl halides is 3. The molecule has 0 fully saturated rings. The zero-order valence-electron chi connectivity index (χ0n) is 25.8. The van der Waals surface area contributed by atoms with Crippen molar-refractivity contribution in [3.8, 4) is 17.0 Å². The lowest BCUT2D eigenvalue weighted by Gasteiger charge is -2.17. The average Bonchev–Trinajstić information content (AvgIpc) is 3.41. The molecule has 4 aromatic rings. The van der Waals surface area contributed by atoms with Crippen LogP contribution in [0.15, 0.2) is 42.7 Å². The van der Waals surface area contributed by atoms with Crippen LogP contribution in [-0.2, 0) is 23.7 Å². The van der Waals surface area contributed by atoms with Crippen molar-refractivity contribution in [2.24, 2.45) is 0 Å². The Kier molecular flexibility index (Phi) is 11.9. The first-order chi connectivity index (χ1) is 22.1. The summed E-state index contributed by atoms with van der Waals surface area (Å²) in [5, 5.41) is 21.6. The zero-order chi connectivity index (χ0) is 33.3. The summed E-state index contributed by atoms with van der Waals surface area (Å²) >= 11 is 0. The predicted molar refractivity (Wildman–Crippen MR) is 170 cm³/mol. The number of carbonyl (C=O) groups excluding carboxylic acids is 1. The van der Waals surface area contributed by atoms with Crippen molar-refractivity contribution in [3.05, 3.63) is 65.2 Å². The second kappa shape index (κ2) is 15.8. The topological polar surface area (TPSA) is 148 Å². The molecule has 0 spiro atoms. The Morgan fingerprint density at radius 3 is 2.59 bits per heavy atom. The van der Waals surface area contributed by atoms with E-state index in [9.17, 15) is 18.0 Å². The minimum atomic E-state index is -4.80. The van der Waals surface area contributed by atoms with Gasteiger partial charge >= 0.3 is 6.18 Å². The van der Waals surface area contributed by atoms with Crippen LogP contribution >= 0.6 is 8.81 Å². The molecule has 1 atom stereocenters. The fraction of sp³-hybridized carbons (Fsp3) is 0.367. The van der Waals surface area contributed by atoms with Crippen LogP contribution in [0, 0.1) is 6.92 Å². The molecule has 0 aliphatic heterocycles. The van der Waals surface area contributed by atoms with E-state index in [0.29, 0.717) is 57.3 Å². The normalized spacial score (nSPS) is 11.7. The number of aryl methyl sites for hydroxylation is 2. The van der Waals surface area contributed by atoms with Gasteiger partial charge in [-0.1, -0.05) is 6.07 Å². The lowest BCUT2D eigenvalue weighted by atomic mass is 10.1. The fourth-order valence-corrected chi connectivity index (χ4v) is 5.24. The third kappa shape index (κ3) is 8.47. The Morgan fingerprint density at radius 1 is 1.11 bits per heavy atom. The molecule has 3 heterocycles. The smallest absolute Gasteiger partial charge is 0.421 e. The third-order valence-corrected chi connectivity index (χ3v) is 7.81. The first-order valence-electron chi connectivity index (χ1n) is 14.5. The highest BCUT2D eigenvalue weighted by molar-refractivity contribution is 7.32. The highest BCUT2D eigenvalue weighted by Gasteiger charge is 2.36. The minimum absolute atomic E-state index is 0.00160. The minimum Gasteiger partial charge on any atom is -0.495 e. The molecule has 16 heteroatoms. The monoisotopic (exact) mass is 660 g/mol. The Hall–Kier alpha value is -4.33. The van der Waals surface area contributed by atoms with Gasteiger partial charge in [-0.05, 0) is 62.7 Å². The quantitative estimate of drug-likeness (QED) is 0.0956. The maximum absolute atomic E-state index is 14.1. The van der Waals surface area contributed by atoms with E-state index in [1.165, 1.54) is 20.2 Å². The van der Waals surface area contributed by atoms with E-state index in [4.69, 9.17) is 14.4 Å². The number of carbonyl (C=O) groups is 1. The molecule has 1 aromatic carbocycles. The number of aromatic nitrogens is 5. The molecule has 0 aliphatic carbocycles. The van der Waals surface area contributed by atoms with Crippen molar-refractivity contribution in [1.29, 1.82) is 0 Å². The fourth-order valence-electron chi connectivity index (χ4n) is 4.50. The summed E-state index contributed by atoms with van der Waals surface area (Å²) in [7, 11) is 3.27. The van der Waals surface area contributed by atoms with Gasteiger partial charge in [-0.25, -0.2) is 9.97 Å². The number of hydrogen-bond donors (Lipinski definition) is 4. The molecule has 0 radical (unpaired) electrons. The molecule has 4 N–H and O–H groups in total. The van der Waals surface area contributed by atoms with Gasteiger partial charge in [0.25, 0.3) is 5.91 Å². The van der Waals surface area contributed by atoms with Crippen LogP contribution < -0.4 is 20.7 Å². The molecule has 0 bridgehead atoms. The largest absolute Gasteiger partial charge is 0.495 e. The van der Waals surface area contributed by atoms with Crippen molar-refractivity contribution in [1.82, 2.24) is 30.0 Å². The maximum Gasteiger partial charge on any atom is 0.421 e. The number of pyridine rings is 1. The van der Waals surface area contributed by atoms with Crippen LogP contribution in [0.2, 0.25) is 0 Å². The van der Waals surface area contributed by atoms with Gasteiger partial charge in [0, 0.05) is 53.1 Å². The Labute approximate surface area is 266 Å². The number of amides is 1. The molecule has 12 nitrogen and oxygen atoms in total. The lowest BCUT2D eigenvalue weighted by Crippen LogP contribution is -2.21. The molecule has 46 heavy (non-hydrogen) atoms. The van der Waals surface area contributed by atoms with Gasteiger partial charge in [0.05, 0.1) is 30.4 Å². The number of benzene rings is 1. The summed E-state index contributed by atoms with van der Waals surface area (Å²) in [6.07, 6.45) is -0.426. The average molecular weight is 661 g/mol. The summed E-state index contributed by atoms with van der Waals surface area (Å²) in [4.78, 5) is 25.4. The first kappa shape index (κ1) is 34.5. The highest BCUT2D eigenvalue weighted by Crippen LogP contribution is 2.37. The molecule has 0 saturated carbocycles. The van der Waals surface area contributed by atoms with Crippen LogP contribution in [0.4, 0.5) is 36.3 Å². The van der Waals surface area contributed by atoms with Crippen LogP contribution in [0.1, 0.15) is 40.7 Å². The van der Waals surface area contributed by atoms with Crippen LogP contribution in [0.3, 0.4) is 0 Å². The standard InChI is InChI=1S/C30H36F3N8O4P/c1-5-45-46-14-11-19-7-8-23(25(15-19)44-4)39-29-35-17-21(30(31,32)33)27(40-29)38-24-10-9-22(37-26(24)28(43)34-3)20-16-36-41(18(20)2)12-6-13-42/h7-10,15-17,42,46H,5-6,11-14H2,1-4H3,(H,34,43)(H2,35,38,39,40). The zero-order valence-corrected chi connectivity index (χ0v) is 26.8. The molecular formula is C30H36F3N8O4P. The van der Waals surface area contributed by atoms with Gasteiger partial charge in [-0.2, -0.15) is 23.3 Å². The number of halogens is 3. The number of hydrogen-bond acceptors (Lipinski definition) is 10. The summed E-state index contributed by atoms with van der Waals surface area (Å²) in [6, 6.07) is 8.49. The molecule has 3 aromatic heterocycles. The van der Waals surface area contributed by atoms with Gasteiger partial charge in [0.2, 0.25) is 5.95 Å². The van der Waals surface area contributed by atoms with E-state index in [2.05, 4.69) is 36.0 Å². The third-order valence-electron chi connectivity index (χ3n) is 6.87. The SMILES string of the molecule is CCOPCCc1ccc(Nc2ncc(C(F)(F)F)c(Nc3ccc(-c4cnn(CCCO)c4C)nc3C(=O)NC)n2)c(OC)c1. The predicted octanol–water partition coefficient (Wildman–Crippen LogP) is 5.47. The lowest BCUT2D eigenvalue weighted by molar-refractivity contribution is -0.137. The number of nitrogens with zero attached hydrogens (tertiary/aromatic N) is 5. The molecule has 0 aliphatic rings. The van der Waals surface area contributed by atoms with Crippen molar-refractivity contribution in [2.75, 3.05) is 44.2 Å². The van der Waals surface area contributed by atoms with Crippen molar-refractivity contribution in [3.63, 3.8) is 0 Å².